The lowest BCUT2D eigenvalue weighted by Gasteiger charge is -2.30. The largest absolute Gasteiger partial charge is 0.492 e. The first-order chi connectivity index (χ1) is 17.9. The number of pyridine rings is 1. The third-order valence-corrected chi connectivity index (χ3v) is 7.14. The van der Waals surface area contributed by atoms with E-state index in [1.807, 2.05) is 12.1 Å². The Morgan fingerprint density at radius 2 is 2.11 bits per heavy atom. The summed E-state index contributed by atoms with van der Waals surface area (Å²) in [6.07, 6.45) is -0.885. The van der Waals surface area contributed by atoms with Gasteiger partial charge in [0.1, 0.15) is 36.5 Å². The normalized spacial score (nSPS) is 24.7. The number of aliphatic hydroxyl groups is 1. The number of fused-ring (bicyclic) bond motifs is 3. The summed E-state index contributed by atoms with van der Waals surface area (Å²) in [5.41, 5.74) is 3.58. The second-order valence-corrected chi connectivity index (χ2v) is 9.87. The SMILES string of the molecule is CC(=O)NCCOc1ccc2c(c1)CCN(c1nc3nc(O[C@@H]4CO[C@H]5[C@@H]4OC[C@H]5O)[nH]c3cc1Cl)C2. The van der Waals surface area contributed by atoms with Crippen molar-refractivity contribution >= 4 is 34.5 Å². The molecule has 4 atom stereocenters. The molecule has 37 heavy (non-hydrogen) atoms. The van der Waals surface area contributed by atoms with Crippen molar-refractivity contribution in [2.45, 2.75) is 44.3 Å². The van der Waals surface area contributed by atoms with E-state index in [0.717, 1.165) is 18.7 Å². The van der Waals surface area contributed by atoms with Gasteiger partial charge in [-0.3, -0.25) is 4.79 Å². The summed E-state index contributed by atoms with van der Waals surface area (Å²) in [6.45, 7) is 4.34. The van der Waals surface area contributed by atoms with Crippen LogP contribution in [0.3, 0.4) is 0 Å². The molecule has 196 valence electrons. The number of aromatic amines is 1. The van der Waals surface area contributed by atoms with Crippen molar-refractivity contribution in [2.24, 2.45) is 0 Å². The molecular weight excluding hydrogens is 502 g/mol. The molecule has 6 rings (SSSR count). The number of anilines is 1. The fourth-order valence-electron chi connectivity index (χ4n) is 5.05. The molecule has 11 nitrogen and oxygen atoms in total. The Morgan fingerprint density at radius 1 is 1.24 bits per heavy atom. The van der Waals surface area contributed by atoms with Gasteiger partial charge in [-0.1, -0.05) is 17.7 Å². The Hall–Kier alpha value is -3.12. The highest BCUT2D eigenvalue weighted by Crippen LogP contribution is 2.34. The predicted octanol–water partition coefficient (Wildman–Crippen LogP) is 1.59. The fraction of sp³-hybridized carbons (Fsp3) is 0.480. The Kier molecular flexibility index (Phi) is 6.53. The van der Waals surface area contributed by atoms with Crippen LogP contribution in [0.5, 0.6) is 11.8 Å². The maximum Gasteiger partial charge on any atom is 0.296 e. The topological polar surface area (TPSA) is 131 Å². The van der Waals surface area contributed by atoms with Crippen molar-refractivity contribution in [1.82, 2.24) is 20.3 Å². The first-order valence-electron chi connectivity index (χ1n) is 12.3. The standard InChI is InChI=1S/C25H28ClN5O6/c1-13(32)27-5-7-34-16-3-2-15-10-31(6-4-14(15)8-16)24-17(26)9-18-23(29-24)30-25(28-18)37-20-12-36-21-19(33)11-35-22(20)21/h2-3,8-9,19-22,33H,4-7,10-12H2,1H3,(H,27,32)(H,28,29,30)/t19-,20-,21-,22-/m1/s1. The number of nitrogens with one attached hydrogen (secondary N) is 2. The lowest BCUT2D eigenvalue weighted by Crippen LogP contribution is -2.34. The molecule has 3 aliphatic heterocycles. The van der Waals surface area contributed by atoms with Gasteiger partial charge in [-0.2, -0.15) is 4.98 Å². The summed E-state index contributed by atoms with van der Waals surface area (Å²) >= 11 is 6.64. The fourth-order valence-corrected chi connectivity index (χ4v) is 5.32. The van der Waals surface area contributed by atoms with Crippen LogP contribution in [0.1, 0.15) is 18.1 Å². The van der Waals surface area contributed by atoms with Crippen LogP contribution in [0.4, 0.5) is 5.82 Å². The minimum Gasteiger partial charge on any atom is -0.492 e. The third-order valence-electron chi connectivity index (χ3n) is 6.87. The molecule has 2 fully saturated rings. The predicted molar refractivity (Wildman–Crippen MR) is 134 cm³/mol. The molecule has 3 aromatic rings. The molecule has 1 amide bonds. The van der Waals surface area contributed by atoms with Crippen molar-refractivity contribution in [3.63, 3.8) is 0 Å². The smallest absolute Gasteiger partial charge is 0.296 e. The summed E-state index contributed by atoms with van der Waals surface area (Å²) in [6, 6.07) is 8.17. The van der Waals surface area contributed by atoms with E-state index >= 15 is 0 Å². The van der Waals surface area contributed by atoms with Gasteiger partial charge >= 0.3 is 0 Å². The molecular formula is C25H28ClN5O6. The lowest BCUT2D eigenvalue weighted by atomic mass is 9.99. The molecule has 1 aromatic carbocycles. The van der Waals surface area contributed by atoms with Crippen LogP contribution >= 0.6 is 11.6 Å². The van der Waals surface area contributed by atoms with Crippen molar-refractivity contribution in [1.29, 1.82) is 0 Å². The molecule has 0 bridgehead atoms. The lowest BCUT2D eigenvalue weighted by molar-refractivity contribution is -0.119. The number of carbonyl (C=O) groups is 1. The molecule has 12 heteroatoms. The first kappa shape index (κ1) is 24.2. The van der Waals surface area contributed by atoms with Crippen LogP contribution in [0.25, 0.3) is 11.2 Å². The highest BCUT2D eigenvalue weighted by Gasteiger charge is 2.48. The minimum absolute atomic E-state index is 0.0702. The number of rotatable bonds is 7. The zero-order chi connectivity index (χ0) is 25.5. The van der Waals surface area contributed by atoms with Crippen molar-refractivity contribution in [2.75, 3.05) is 37.8 Å². The van der Waals surface area contributed by atoms with Crippen molar-refractivity contribution in [3.8, 4) is 11.8 Å². The monoisotopic (exact) mass is 529 g/mol. The second-order valence-electron chi connectivity index (χ2n) is 9.46. The van der Waals surface area contributed by atoms with Crippen LogP contribution in [-0.4, -0.2) is 83.3 Å². The Labute approximate surface area is 218 Å². The molecule has 0 radical (unpaired) electrons. The maximum absolute atomic E-state index is 11.0. The average Bonchev–Trinajstić information content (AvgIpc) is 3.57. The van der Waals surface area contributed by atoms with E-state index in [2.05, 4.69) is 32.3 Å². The first-order valence-corrected chi connectivity index (χ1v) is 12.7. The van der Waals surface area contributed by atoms with Crippen LogP contribution in [0, 0.1) is 0 Å². The van der Waals surface area contributed by atoms with Crippen molar-refractivity contribution < 1.29 is 28.8 Å². The summed E-state index contributed by atoms with van der Waals surface area (Å²) in [5.74, 6) is 1.38. The summed E-state index contributed by atoms with van der Waals surface area (Å²) in [4.78, 5) is 25.5. The van der Waals surface area contributed by atoms with Gasteiger partial charge in [-0.25, -0.2) is 4.98 Å². The van der Waals surface area contributed by atoms with E-state index in [9.17, 15) is 9.90 Å². The van der Waals surface area contributed by atoms with Crippen LogP contribution in [-0.2, 0) is 27.2 Å². The van der Waals surface area contributed by atoms with Crippen molar-refractivity contribution in [3.05, 3.63) is 40.4 Å². The third kappa shape index (κ3) is 4.91. The summed E-state index contributed by atoms with van der Waals surface area (Å²) in [5, 5.41) is 13.2. The zero-order valence-corrected chi connectivity index (χ0v) is 21.0. The van der Waals surface area contributed by atoms with Gasteiger partial charge in [0.15, 0.2) is 11.8 Å². The van der Waals surface area contributed by atoms with Crippen LogP contribution in [0.2, 0.25) is 5.02 Å². The van der Waals surface area contributed by atoms with Gasteiger partial charge in [0.05, 0.1) is 30.3 Å². The highest BCUT2D eigenvalue weighted by molar-refractivity contribution is 6.33. The number of H-pyrrole nitrogens is 1. The Bertz CT molecular complexity index is 1320. The number of amides is 1. The van der Waals surface area contributed by atoms with E-state index < -0.39 is 6.10 Å². The van der Waals surface area contributed by atoms with E-state index in [1.165, 1.54) is 18.1 Å². The molecule has 5 heterocycles. The number of aliphatic hydroxyl groups excluding tert-OH is 1. The highest BCUT2D eigenvalue weighted by atomic mass is 35.5. The van der Waals surface area contributed by atoms with E-state index in [0.29, 0.717) is 54.3 Å². The van der Waals surface area contributed by atoms with Gasteiger partial charge in [-0.15, -0.1) is 0 Å². The quantitative estimate of drug-likeness (QED) is 0.390. The number of hydrogen-bond acceptors (Lipinski definition) is 9. The van der Waals surface area contributed by atoms with Gasteiger partial charge in [0.25, 0.3) is 6.01 Å². The molecule has 0 unspecified atom stereocenters. The van der Waals surface area contributed by atoms with Crippen LogP contribution in [0.15, 0.2) is 24.3 Å². The number of benzene rings is 1. The van der Waals surface area contributed by atoms with E-state index in [-0.39, 0.29) is 30.8 Å². The minimum atomic E-state index is -0.638. The molecule has 0 saturated carbocycles. The number of halogens is 1. The number of carbonyl (C=O) groups excluding carboxylic acids is 1. The number of ether oxygens (including phenoxy) is 4. The number of imidazole rings is 1. The van der Waals surface area contributed by atoms with Gasteiger partial charge < -0.3 is 39.3 Å². The molecule has 2 aromatic heterocycles. The molecule has 2 saturated heterocycles. The van der Waals surface area contributed by atoms with Crippen LogP contribution < -0.4 is 19.7 Å². The molecule has 3 N–H and O–H groups in total. The zero-order valence-electron chi connectivity index (χ0n) is 20.3. The molecule has 0 aliphatic carbocycles. The average molecular weight is 530 g/mol. The van der Waals surface area contributed by atoms with Gasteiger partial charge in [-0.05, 0) is 35.7 Å². The van der Waals surface area contributed by atoms with E-state index in [4.69, 9.17) is 35.5 Å². The number of aromatic nitrogens is 3. The molecule has 0 spiro atoms. The number of nitrogens with zero attached hydrogens (tertiary/aromatic N) is 3. The Morgan fingerprint density at radius 3 is 2.97 bits per heavy atom. The summed E-state index contributed by atoms with van der Waals surface area (Å²) in [7, 11) is 0. The molecule has 3 aliphatic rings. The number of hydrogen-bond donors (Lipinski definition) is 3. The Balaban J connectivity index is 1.13. The van der Waals surface area contributed by atoms with Gasteiger partial charge in [0, 0.05) is 20.0 Å². The summed E-state index contributed by atoms with van der Waals surface area (Å²) < 4.78 is 23.0. The van der Waals surface area contributed by atoms with Gasteiger partial charge in [0.2, 0.25) is 5.91 Å². The second kappa shape index (κ2) is 9.97. The van der Waals surface area contributed by atoms with E-state index in [1.54, 1.807) is 0 Å². The maximum atomic E-state index is 11.0.